The molecule has 1 fully saturated rings. The van der Waals surface area contributed by atoms with E-state index >= 15 is 0 Å². The standard InChI is InChI=1S/C18H28N2O/c1-14(13-20-10-4-3-5-11-20)19-18-9-7-15-6-8-16(21-2)12-17(15)18/h6,8,12,14,18-19H,3-5,7,9-11,13H2,1-2H3. The van der Waals surface area contributed by atoms with E-state index in [1.165, 1.54) is 62.9 Å². The highest BCUT2D eigenvalue weighted by atomic mass is 16.5. The summed E-state index contributed by atoms with van der Waals surface area (Å²) in [4.78, 5) is 2.61. The summed E-state index contributed by atoms with van der Waals surface area (Å²) < 4.78 is 5.38. The minimum atomic E-state index is 0.495. The predicted octanol–water partition coefficient (Wildman–Crippen LogP) is 3.15. The van der Waals surface area contributed by atoms with Crippen molar-refractivity contribution < 1.29 is 4.74 Å². The number of benzene rings is 1. The van der Waals surface area contributed by atoms with Gasteiger partial charge in [-0.1, -0.05) is 12.5 Å². The molecule has 116 valence electrons. The van der Waals surface area contributed by atoms with Gasteiger partial charge in [-0.05, 0) is 69.0 Å². The van der Waals surface area contributed by atoms with Crippen molar-refractivity contribution in [2.24, 2.45) is 0 Å². The van der Waals surface area contributed by atoms with Gasteiger partial charge in [0.1, 0.15) is 5.75 Å². The minimum Gasteiger partial charge on any atom is -0.497 e. The topological polar surface area (TPSA) is 24.5 Å². The van der Waals surface area contributed by atoms with E-state index in [1.54, 1.807) is 7.11 Å². The van der Waals surface area contributed by atoms with Crippen LogP contribution in [0.3, 0.4) is 0 Å². The molecule has 1 aliphatic carbocycles. The third kappa shape index (κ3) is 3.58. The molecule has 0 radical (unpaired) electrons. The molecule has 2 atom stereocenters. The maximum Gasteiger partial charge on any atom is 0.119 e. The van der Waals surface area contributed by atoms with Crippen molar-refractivity contribution in [3.63, 3.8) is 0 Å². The first-order chi connectivity index (χ1) is 10.3. The Morgan fingerprint density at radius 3 is 2.86 bits per heavy atom. The zero-order valence-corrected chi connectivity index (χ0v) is 13.4. The number of nitrogens with zero attached hydrogens (tertiary/aromatic N) is 1. The number of hydrogen-bond acceptors (Lipinski definition) is 3. The van der Waals surface area contributed by atoms with Crippen molar-refractivity contribution in [2.75, 3.05) is 26.7 Å². The smallest absolute Gasteiger partial charge is 0.119 e. The number of nitrogens with one attached hydrogen (secondary N) is 1. The summed E-state index contributed by atoms with van der Waals surface area (Å²) in [6.45, 7) is 6.06. The third-order valence-corrected chi connectivity index (χ3v) is 4.90. The molecule has 1 heterocycles. The summed E-state index contributed by atoms with van der Waals surface area (Å²) in [7, 11) is 1.75. The van der Waals surface area contributed by atoms with Crippen molar-refractivity contribution in [3.8, 4) is 5.75 Å². The van der Waals surface area contributed by atoms with Crippen molar-refractivity contribution in [3.05, 3.63) is 29.3 Å². The molecule has 3 heteroatoms. The maximum absolute atomic E-state index is 5.38. The molecule has 1 saturated heterocycles. The van der Waals surface area contributed by atoms with Crippen LogP contribution < -0.4 is 10.1 Å². The second kappa shape index (κ2) is 6.80. The van der Waals surface area contributed by atoms with Gasteiger partial charge in [0.2, 0.25) is 0 Å². The lowest BCUT2D eigenvalue weighted by Crippen LogP contribution is -2.42. The Kier molecular flexibility index (Phi) is 4.81. The van der Waals surface area contributed by atoms with Crippen molar-refractivity contribution in [1.29, 1.82) is 0 Å². The molecular weight excluding hydrogens is 260 g/mol. The van der Waals surface area contributed by atoms with Gasteiger partial charge in [-0.15, -0.1) is 0 Å². The minimum absolute atomic E-state index is 0.495. The van der Waals surface area contributed by atoms with Crippen LogP contribution in [0.5, 0.6) is 5.75 Å². The van der Waals surface area contributed by atoms with E-state index in [-0.39, 0.29) is 0 Å². The SMILES string of the molecule is COc1ccc2c(c1)C(NC(C)CN1CCCCC1)CC2. The lowest BCUT2D eigenvalue weighted by Gasteiger charge is -2.30. The monoisotopic (exact) mass is 288 g/mol. The average molecular weight is 288 g/mol. The second-order valence-corrected chi connectivity index (χ2v) is 6.58. The molecule has 2 unspecified atom stereocenters. The van der Waals surface area contributed by atoms with Gasteiger partial charge < -0.3 is 15.0 Å². The summed E-state index contributed by atoms with van der Waals surface area (Å²) in [5.74, 6) is 0.978. The number of aryl methyl sites for hydroxylation is 1. The van der Waals surface area contributed by atoms with Gasteiger partial charge in [0, 0.05) is 18.6 Å². The molecule has 0 aromatic heterocycles. The summed E-state index contributed by atoms with van der Waals surface area (Å²) in [6.07, 6.45) is 6.56. The van der Waals surface area contributed by atoms with Crippen LogP contribution in [0.2, 0.25) is 0 Å². The van der Waals surface area contributed by atoms with Crippen LogP contribution in [-0.2, 0) is 6.42 Å². The number of piperidine rings is 1. The Labute approximate surface area is 128 Å². The highest BCUT2D eigenvalue weighted by Crippen LogP contribution is 2.34. The molecule has 0 bridgehead atoms. The molecule has 0 saturated carbocycles. The third-order valence-electron chi connectivity index (χ3n) is 4.90. The zero-order valence-electron chi connectivity index (χ0n) is 13.4. The Morgan fingerprint density at radius 1 is 1.29 bits per heavy atom. The largest absolute Gasteiger partial charge is 0.497 e. The number of ether oxygens (including phenoxy) is 1. The number of rotatable bonds is 5. The van der Waals surface area contributed by atoms with E-state index in [0.29, 0.717) is 12.1 Å². The first-order valence-electron chi connectivity index (χ1n) is 8.41. The van der Waals surface area contributed by atoms with Gasteiger partial charge in [0.05, 0.1) is 7.11 Å². The average Bonchev–Trinajstić information content (AvgIpc) is 2.90. The van der Waals surface area contributed by atoms with Gasteiger partial charge >= 0.3 is 0 Å². The van der Waals surface area contributed by atoms with E-state index in [4.69, 9.17) is 4.74 Å². The predicted molar refractivity (Wildman–Crippen MR) is 86.9 cm³/mol. The van der Waals surface area contributed by atoms with Gasteiger partial charge in [-0.3, -0.25) is 0 Å². The maximum atomic E-state index is 5.38. The van der Waals surface area contributed by atoms with Gasteiger partial charge in [0.15, 0.2) is 0 Å². The summed E-state index contributed by atoms with van der Waals surface area (Å²) in [6, 6.07) is 7.57. The molecule has 1 aromatic rings. The van der Waals surface area contributed by atoms with Crippen LogP contribution in [0.25, 0.3) is 0 Å². The molecule has 1 N–H and O–H groups in total. The Hall–Kier alpha value is -1.06. The van der Waals surface area contributed by atoms with E-state index in [9.17, 15) is 0 Å². The number of likely N-dealkylation sites (tertiary alicyclic amines) is 1. The van der Waals surface area contributed by atoms with Crippen LogP contribution in [0.15, 0.2) is 18.2 Å². The van der Waals surface area contributed by atoms with Crippen molar-refractivity contribution in [1.82, 2.24) is 10.2 Å². The molecule has 0 amide bonds. The molecule has 2 aliphatic rings. The Balaban J connectivity index is 1.59. The van der Waals surface area contributed by atoms with E-state index in [0.717, 1.165) is 5.75 Å². The molecule has 3 rings (SSSR count). The first-order valence-corrected chi connectivity index (χ1v) is 8.41. The van der Waals surface area contributed by atoms with Crippen LogP contribution in [0.1, 0.15) is 49.8 Å². The fourth-order valence-corrected chi connectivity index (χ4v) is 3.81. The molecule has 0 spiro atoms. The van der Waals surface area contributed by atoms with Crippen LogP contribution in [0, 0.1) is 0 Å². The summed E-state index contributed by atoms with van der Waals surface area (Å²) in [5, 5.41) is 3.84. The number of fused-ring (bicyclic) bond motifs is 1. The number of methoxy groups -OCH3 is 1. The molecule has 1 aromatic carbocycles. The lowest BCUT2D eigenvalue weighted by molar-refractivity contribution is 0.204. The normalized spacial score (nSPS) is 23.8. The summed E-state index contributed by atoms with van der Waals surface area (Å²) in [5.41, 5.74) is 2.93. The quantitative estimate of drug-likeness (QED) is 0.901. The highest BCUT2D eigenvalue weighted by molar-refractivity contribution is 5.40. The van der Waals surface area contributed by atoms with Crippen LogP contribution in [-0.4, -0.2) is 37.7 Å². The second-order valence-electron chi connectivity index (χ2n) is 6.58. The Morgan fingerprint density at radius 2 is 2.10 bits per heavy atom. The highest BCUT2D eigenvalue weighted by Gasteiger charge is 2.24. The Bertz CT molecular complexity index is 468. The van der Waals surface area contributed by atoms with Crippen molar-refractivity contribution in [2.45, 2.75) is 51.1 Å². The molecule has 21 heavy (non-hydrogen) atoms. The van der Waals surface area contributed by atoms with Gasteiger partial charge in [0.25, 0.3) is 0 Å². The van der Waals surface area contributed by atoms with Gasteiger partial charge in [-0.25, -0.2) is 0 Å². The van der Waals surface area contributed by atoms with Gasteiger partial charge in [-0.2, -0.15) is 0 Å². The zero-order chi connectivity index (χ0) is 14.7. The molecular formula is C18H28N2O. The van der Waals surface area contributed by atoms with E-state index in [1.807, 2.05) is 0 Å². The molecule has 3 nitrogen and oxygen atoms in total. The molecule has 1 aliphatic heterocycles. The number of hydrogen-bond donors (Lipinski definition) is 1. The first kappa shape index (κ1) is 14.9. The fraction of sp³-hybridized carbons (Fsp3) is 0.667. The van der Waals surface area contributed by atoms with Crippen molar-refractivity contribution >= 4 is 0 Å². The summed E-state index contributed by atoms with van der Waals surface area (Å²) >= 11 is 0. The van der Waals surface area contributed by atoms with E-state index in [2.05, 4.69) is 35.3 Å². The lowest BCUT2D eigenvalue weighted by atomic mass is 10.1. The fourth-order valence-electron chi connectivity index (χ4n) is 3.81. The van der Waals surface area contributed by atoms with Crippen LogP contribution >= 0.6 is 0 Å². The van der Waals surface area contributed by atoms with E-state index < -0.39 is 0 Å². The van der Waals surface area contributed by atoms with Crippen LogP contribution in [0.4, 0.5) is 0 Å².